The molecule has 0 aliphatic carbocycles. The molecule has 1 rings (SSSR count). The summed E-state index contributed by atoms with van der Waals surface area (Å²) in [5.41, 5.74) is -1.58. The topological polar surface area (TPSA) is 38.3 Å². The van der Waals surface area contributed by atoms with E-state index in [0.29, 0.717) is 12.8 Å². The van der Waals surface area contributed by atoms with Gasteiger partial charge in [0.2, 0.25) is 0 Å². The number of halogens is 3. The van der Waals surface area contributed by atoms with Crippen LogP contribution in [0.2, 0.25) is 0 Å². The van der Waals surface area contributed by atoms with Gasteiger partial charge >= 0.3 is 6.18 Å². The Morgan fingerprint density at radius 1 is 1.32 bits per heavy atom. The normalized spacial score (nSPS) is 11.6. The molecule has 0 aromatic heterocycles. The molecule has 1 N–H and O–H groups in total. The fraction of sp³-hybridized carbons (Fsp3) is 0.438. The van der Waals surface area contributed by atoms with Crippen LogP contribution in [-0.4, -0.2) is 18.1 Å². The lowest BCUT2D eigenvalue weighted by molar-refractivity contribution is -0.137. The van der Waals surface area contributed by atoms with E-state index >= 15 is 0 Å². The van der Waals surface area contributed by atoms with E-state index in [4.69, 9.17) is 11.2 Å². The third-order valence-corrected chi connectivity index (χ3v) is 3.39. The summed E-state index contributed by atoms with van der Waals surface area (Å²) in [6, 6.07) is 4.36. The average molecular weight is 313 g/mol. The van der Waals surface area contributed by atoms with Crippen molar-refractivity contribution in [2.45, 2.75) is 38.4 Å². The van der Waals surface area contributed by atoms with Gasteiger partial charge in [0.1, 0.15) is 11.3 Å². The first kappa shape index (κ1) is 17.9. The van der Waals surface area contributed by atoms with Crippen molar-refractivity contribution < 1.29 is 22.7 Å². The molecule has 0 saturated heterocycles. The number of nitrogens with one attached hydrogen (secondary N) is 1. The van der Waals surface area contributed by atoms with E-state index in [2.05, 4.69) is 11.2 Å². The molecule has 0 fully saturated rings. The van der Waals surface area contributed by atoms with Crippen LogP contribution in [0.25, 0.3) is 0 Å². The Kier molecular flexibility index (Phi) is 5.86. The van der Waals surface area contributed by atoms with Crippen molar-refractivity contribution in [2.75, 3.05) is 6.61 Å². The molecule has 120 valence electrons. The minimum absolute atomic E-state index is 0.0238. The highest BCUT2D eigenvalue weighted by Crippen LogP contribution is 2.31. The minimum Gasteiger partial charge on any atom is -0.484 e. The zero-order valence-corrected chi connectivity index (χ0v) is 12.5. The highest BCUT2D eigenvalue weighted by Gasteiger charge is 2.30. The Morgan fingerprint density at radius 2 is 1.95 bits per heavy atom. The molecule has 1 amide bonds. The first-order valence-corrected chi connectivity index (χ1v) is 6.85. The maximum Gasteiger partial charge on any atom is 0.416 e. The second-order valence-electron chi connectivity index (χ2n) is 4.80. The molecule has 0 atom stereocenters. The molecule has 0 aliphatic rings. The van der Waals surface area contributed by atoms with Crippen LogP contribution in [-0.2, 0) is 11.0 Å². The molecule has 0 saturated carbocycles. The van der Waals surface area contributed by atoms with Crippen LogP contribution >= 0.6 is 0 Å². The smallest absolute Gasteiger partial charge is 0.416 e. The molecule has 0 heterocycles. The van der Waals surface area contributed by atoms with Gasteiger partial charge in [-0.1, -0.05) is 25.8 Å². The number of carbonyl (C=O) groups excluding carboxylic acids is 1. The van der Waals surface area contributed by atoms with E-state index in [1.54, 1.807) is 0 Å². The summed E-state index contributed by atoms with van der Waals surface area (Å²) < 4.78 is 42.8. The van der Waals surface area contributed by atoms with Crippen LogP contribution in [0.4, 0.5) is 13.2 Å². The Bertz CT molecular complexity index is 557. The van der Waals surface area contributed by atoms with E-state index in [0.717, 1.165) is 12.1 Å². The van der Waals surface area contributed by atoms with Crippen molar-refractivity contribution in [1.29, 1.82) is 0 Å². The number of alkyl halides is 3. The lowest BCUT2D eigenvalue weighted by Gasteiger charge is -2.26. The van der Waals surface area contributed by atoms with Gasteiger partial charge in [0, 0.05) is 0 Å². The monoisotopic (exact) mass is 313 g/mol. The van der Waals surface area contributed by atoms with E-state index in [1.807, 2.05) is 13.8 Å². The summed E-state index contributed by atoms with van der Waals surface area (Å²) in [6.45, 7) is 3.29. The third kappa shape index (κ3) is 4.69. The molecule has 6 heteroatoms. The van der Waals surface area contributed by atoms with Crippen LogP contribution in [0.5, 0.6) is 5.75 Å². The predicted octanol–water partition coefficient (Wildman–Crippen LogP) is 3.39. The molecule has 1 aromatic carbocycles. The minimum atomic E-state index is -4.45. The first-order valence-electron chi connectivity index (χ1n) is 6.85. The largest absolute Gasteiger partial charge is 0.484 e. The maximum absolute atomic E-state index is 12.6. The Labute approximate surface area is 127 Å². The highest BCUT2D eigenvalue weighted by atomic mass is 19.4. The van der Waals surface area contributed by atoms with E-state index in [-0.39, 0.29) is 5.75 Å². The van der Waals surface area contributed by atoms with Gasteiger partial charge in [-0.15, -0.1) is 6.42 Å². The van der Waals surface area contributed by atoms with E-state index < -0.39 is 29.8 Å². The van der Waals surface area contributed by atoms with Crippen molar-refractivity contribution in [3.8, 4) is 18.1 Å². The quantitative estimate of drug-likeness (QED) is 0.818. The fourth-order valence-corrected chi connectivity index (χ4v) is 1.88. The molecular weight excluding hydrogens is 295 g/mol. The summed E-state index contributed by atoms with van der Waals surface area (Å²) in [5.74, 6) is 2.04. The lowest BCUT2D eigenvalue weighted by Crippen LogP contribution is -2.48. The molecule has 0 aliphatic heterocycles. The number of hydrogen-bond acceptors (Lipinski definition) is 2. The van der Waals surface area contributed by atoms with Gasteiger partial charge in [-0.05, 0) is 31.0 Å². The lowest BCUT2D eigenvalue weighted by atomic mass is 9.94. The SMILES string of the molecule is C#CC(CC)(CC)NC(=O)COc1cccc(C(F)(F)F)c1. The molecule has 1 aromatic rings. The van der Waals surface area contributed by atoms with Crippen molar-refractivity contribution >= 4 is 5.91 Å². The van der Waals surface area contributed by atoms with Crippen molar-refractivity contribution in [3.63, 3.8) is 0 Å². The molecule has 0 radical (unpaired) electrons. The van der Waals surface area contributed by atoms with Crippen LogP contribution in [0, 0.1) is 12.3 Å². The standard InChI is InChI=1S/C16H18F3NO2/c1-4-15(5-2,6-3)20-14(21)11-22-13-9-7-8-12(10-13)16(17,18)19/h1,7-10H,5-6,11H2,2-3H3,(H,20,21). The van der Waals surface area contributed by atoms with Gasteiger partial charge in [0.25, 0.3) is 5.91 Å². The number of carbonyl (C=O) groups is 1. The maximum atomic E-state index is 12.6. The van der Waals surface area contributed by atoms with Crippen LogP contribution in [0.1, 0.15) is 32.3 Å². The second kappa shape index (κ2) is 7.21. The van der Waals surface area contributed by atoms with Crippen molar-refractivity contribution in [1.82, 2.24) is 5.32 Å². The summed E-state index contributed by atoms with van der Waals surface area (Å²) in [4.78, 5) is 11.8. The second-order valence-corrected chi connectivity index (χ2v) is 4.80. The number of amides is 1. The summed E-state index contributed by atoms with van der Waals surface area (Å²) >= 11 is 0. The third-order valence-electron chi connectivity index (χ3n) is 3.39. The van der Waals surface area contributed by atoms with Gasteiger partial charge in [0.05, 0.1) is 5.56 Å². The number of terminal acetylenes is 1. The van der Waals surface area contributed by atoms with E-state index in [1.165, 1.54) is 12.1 Å². The zero-order chi connectivity index (χ0) is 16.8. The van der Waals surface area contributed by atoms with Crippen LogP contribution in [0.3, 0.4) is 0 Å². The molecule has 0 spiro atoms. The van der Waals surface area contributed by atoms with Gasteiger partial charge in [-0.3, -0.25) is 4.79 Å². The molecule has 0 unspecified atom stereocenters. The van der Waals surface area contributed by atoms with Crippen molar-refractivity contribution in [2.24, 2.45) is 0 Å². The fourth-order valence-electron chi connectivity index (χ4n) is 1.88. The van der Waals surface area contributed by atoms with Gasteiger partial charge in [0.15, 0.2) is 6.61 Å². The number of benzene rings is 1. The van der Waals surface area contributed by atoms with Gasteiger partial charge < -0.3 is 10.1 Å². The molecule has 0 bridgehead atoms. The molecule has 22 heavy (non-hydrogen) atoms. The van der Waals surface area contributed by atoms with Crippen molar-refractivity contribution in [3.05, 3.63) is 29.8 Å². The number of rotatable bonds is 6. The Hall–Kier alpha value is -2.16. The van der Waals surface area contributed by atoms with Crippen LogP contribution in [0.15, 0.2) is 24.3 Å². The summed E-state index contributed by atoms with van der Waals surface area (Å²) in [7, 11) is 0. The average Bonchev–Trinajstić information content (AvgIpc) is 2.50. The Balaban J connectivity index is 2.67. The Morgan fingerprint density at radius 3 is 2.45 bits per heavy atom. The number of ether oxygens (including phenoxy) is 1. The first-order chi connectivity index (χ1) is 10.3. The molecule has 3 nitrogen and oxygen atoms in total. The molecular formula is C16H18F3NO2. The van der Waals surface area contributed by atoms with Crippen LogP contribution < -0.4 is 10.1 Å². The highest BCUT2D eigenvalue weighted by molar-refractivity contribution is 5.79. The zero-order valence-electron chi connectivity index (χ0n) is 12.5. The summed E-state index contributed by atoms with van der Waals surface area (Å²) in [6.07, 6.45) is 2.07. The van der Waals surface area contributed by atoms with Gasteiger partial charge in [-0.25, -0.2) is 0 Å². The predicted molar refractivity (Wildman–Crippen MR) is 77.2 cm³/mol. The van der Waals surface area contributed by atoms with E-state index in [9.17, 15) is 18.0 Å². The van der Waals surface area contributed by atoms with Gasteiger partial charge in [-0.2, -0.15) is 13.2 Å². The summed E-state index contributed by atoms with van der Waals surface area (Å²) in [5, 5.41) is 2.67. The number of hydrogen-bond donors (Lipinski definition) is 1.